The van der Waals surface area contributed by atoms with Crippen molar-refractivity contribution in [2.45, 2.75) is 77.2 Å². The molecule has 0 radical (unpaired) electrons. The number of carbonyl (C=O) groups is 2. The standard InChI is InChI=1S/C15H29NO4.Na.H/c1-2-3-4-5-6-7-8-9-10-11-14(18)16-13(12-17)15(19)20;;/h13,17H,2-12H2,1H3,(H,16,18)(H,19,20);;/t13-;;/m0../s1. The van der Waals surface area contributed by atoms with Gasteiger partial charge in [0.15, 0.2) is 0 Å². The van der Waals surface area contributed by atoms with Crippen LogP contribution >= 0.6 is 0 Å². The van der Waals surface area contributed by atoms with Gasteiger partial charge in [-0.1, -0.05) is 58.3 Å². The SMILES string of the molecule is CCCCCCCCCCCC(=O)N[C@@H](CO)C(=O)O.[NaH]. The molecule has 0 aliphatic heterocycles. The second-order valence-corrected chi connectivity index (χ2v) is 5.22. The van der Waals surface area contributed by atoms with Gasteiger partial charge in [0, 0.05) is 6.42 Å². The van der Waals surface area contributed by atoms with Gasteiger partial charge >= 0.3 is 35.5 Å². The number of unbranched alkanes of at least 4 members (excludes halogenated alkanes) is 8. The van der Waals surface area contributed by atoms with Crippen molar-refractivity contribution >= 4 is 41.4 Å². The van der Waals surface area contributed by atoms with Gasteiger partial charge in [-0.15, -0.1) is 0 Å². The fourth-order valence-electron chi connectivity index (χ4n) is 2.05. The summed E-state index contributed by atoms with van der Waals surface area (Å²) in [7, 11) is 0. The van der Waals surface area contributed by atoms with Crippen LogP contribution in [0.15, 0.2) is 0 Å². The molecule has 6 heteroatoms. The zero-order valence-electron chi connectivity index (χ0n) is 12.6. The van der Waals surface area contributed by atoms with Crippen LogP contribution in [0.2, 0.25) is 0 Å². The van der Waals surface area contributed by atoms with E-state index in [-0.39, 0.29) is 35.5 Å². The zero-order valence-corrected chi connectivity index (χ0v) is 12.6. The van der Waals surface area contributed by atoms with Crippen molar-refractivity contribution in [1.82, 2.24) is 5.32 Å². The first-order valence-electron chi connectivity index (χ1n) is 7.74. The van der Waals surface area contributed by atoms with Gasteiger partial charge in [0.1, 0.15) is 6.04 Å². The number of amides is 1. The Kier molecular flexibility index (Phi) is 18.0. The second kappa shape index (κ2) is 16.3. The van der Waals surface area contributed by atoms with Gasteiger partial charge in [0.25, 0.3) is 0 Å². The first-order chi connectivity index (χ1) is 9.61. The van der Waals surface area contributed by atoms with Crippen molar-refractivity contribution in [3.05, 3.63) is 0 Å². The summed E-state index contributed by atoms with van der Waals surface area (Å²) in [6, 6.07) is -1.18. The quantitative estimate of drug-likeness (QED) is 0.358. The van der Waals surface area contributed by atoms with Crippen LogP contribution in [0.3, 0.4) is 0 Å². The van der Waals surface area contributed by atoms with Crippen molar-refractivity contribution in [2.75, 3.05) is 6.61 Å². The van der Waals surface area contributed by atoms with E-state index in [1.165, 1.54) is 38.5 Å². The Balaban J connectivity index is 0. The molecule has 0 aromatic heterocycles. The van der Waals surface area contributed by atoms with E-state index in [0.29, 0.717) is 6.42 Å². The van der Waals surface area contributed by atoms with Crippen molar-refractivity contribution in [2.24, 2.45) is 0 Å². The molecule has 0 bridgehead atoms. The van der Waals surface area contributed by atoms with E-state index >= 15 is 0 Å². The molecule has 1 amide bonds. The Morgan fingerprint density at radius 3 is 1.86 bits per heavy atom. The van der Waals surface area contributed by atoms with Gasteiger partial charge in [-0.2, -0.15) is 0 Å². The number of carboxylic acid groups (broad SMARTS) is 1. The van der Waals surface area contributed by atoms with Crippen molar-refractivity contribution in [3.8, 4) is 0 Å². The molecule has 0 aromatic rings. The Morgan fingerprint density at radius 1 is 0.952 bits per heavy atom. The van der Waals surface area contributed by atoms with E-state index in [0.717, 1.165) is 19.3 Å². The minimum atomic E-state index is -1.20. The summed E-state index contributed by atoms with van der Waals surface area (Å²) < 4.78 is 0. The second-order valence-electron chi connectivity index (χ2n) is 5.22. The van der Waals surface area contributed by atoms with Crippen molar-refractivity contribution in [3.63, 3.8) is 0 Å². The van der Waals surface area contributed by atoms with E-state index in [1.54, 1.807) is 0 Å². The summed E-state index contributed by atoms with van der Waals surface area (Å²) >= 11 is 0. The third-order valence-electron chi connectivity index (χ3n) is 3.32. The summed E-state index contributed by atoms with van der Waals surface area (Å²) in [4.78, 5) is 22.1. The molecule has 0 saturated heterocycles. The molecule has 1 atom stereocenters. The predicted molar refractivity (Wildman–Crippen MR) is 85.6 cm³/mol. The normalized spacial score (nSPS) is 11.5. The zero-order chi connectivity index (χ0) is 15.2. The number of carbonyl (C=O) groups excluding carboxylic acids is 1. The van der Waals surface area contributed by atoms with Gasteiger partial charge in [-0.25, -0.2) is 4.79 Å². The van der Waals surface area contributed by atoms with E-state index in [1.807, 2.05) is 0 Å². The van der Waals surface area contributed by atoms with E-state index < -0.39 is 18.6 Å². The summed E-state index contributed by atoms with van der Waals surface area (Å²) in [6.07, 6.45) is 10.9. The fraction of sp³-hybridized carbons (Fsp3) is 0.867. The molecule has 21 heavy (non-hydrogen) atoms. The number of aliphatic carboxylic acids is 1. The van der Waals surface area contributed by atoms with Crippen molar-refractivity contribution < 1.29 is 19.8 Å². The first kappa shape index (κ1) is 23.2. The number of rotatable bonds is 13. The van der Waals surface area contributed by atoms with Gasteiger partial charge in [0.2, 0.25) is 5.91 Å². The van der Waals surface area contributed by atoms with Gasteiger partial charge in [-0.3, -0.25) is 4.79 Å². The number of nitrogens with one attached hydrogen (secondary N) is 1. The average Bonchev–Trinajstić information content (AvgIpc) is 2.42. The van der Waals surface area contributed by atoms with E-state index in [9.17, 15) is 9.59 Å². The van der Waals surface area contributed by atoms with Crippen LogP contribution in [0.5, 0.6) is 0 Å². The van der Waals surface area contributed by atoms with Gasteiger partial charge in [0.05, 0.1) is 6.61 Å². The van der Waals surface area contributed by atoms with Crippen LogP contribution in [0.1, 0.15) is 71.1 Å². The van der Waals surface area contributed by atoms with Crippen LogP contribution in [0.4, 0.5) is 0 Å². The molecule has 120 valence electrons. The maximum atomic E-state index is 11.4. The van der Waals surface area contributed by atoms with Crippen LogP contribution < -0.4 is 5.32 Å². The number of carboxylic acids is 1. The Hall–Kier alpha value is -0.100. The molecule has 0 fully saturated rings. The van der Waals surface area contributed by atoms with Gasteiger partial charge < -0.3 is 15.5 Å². The summed E-state index contributed by atoms with van der Waals surface area (Å²) in [5, 5.41) is 19.8. The molecule has 0 spiro atoms. The number of hydrogen-bond donors (Lipinski definition) is 3. The Bertz CT molecular complexity index is 274. The topological polar surface area (TPSA) is 86.6 Å². The summed E-state index contributed by atoms with van der Waals surface area (Å²) in [5.41, 5.74) is 0. The molecule has 0 heterocycles. The first-order valence-corrected chi connectivity index (χ1v) is 7.74. The van der Waals surface area contributed by atoms with Crippen LogP contribution in [-0.2, 0) is 9.59 Å². The molecule has 0 saturated carbocycles. The van der Waals surface area contributed by atoms with E-state index in [4.69, 9.17) is 10.2 Å². The monoisotopic (exact) mass is 311 g/mol. The fourth-order valence-corrected chi connectivity index (χ4v) is 2.05. The Labute approximate surface area is 150 Å². The van der Waals surface area contributed by atoms with Gasteiger partial charge in [-0.05, 0) is 6.42 Å². The van der Waals surface area contributed by atoms with Crippen LogP contribution in [-0.4, -0.2) is 64.3 Å². The predicted octanol–water partition coefficient (Wildman–Crippen LogP) is 1.82. The molecule has 0 unspecified atom stereocenters. The molecule has 0 rings (SSSR count). The van der Waals surface area contributed by atoms with Crippen molar-refractivity contribution in [1.29, 1.82) is 0 Å². The molecular formula is C15H30NNaO4. The third kappa shape index (κ3) is 14.6. The molecular weight excluding hydrogens is 281 g/mol. The molecule has 5 nitrogen and oxygen atoms in total. The van der Waals surface area contributed by atoms with Crippen LogP contribution in [0, 0.1) is 0 Å². The molecule has 3 N–H and O–H groups in total. The Morgan fingerprint density at radius 2 is 1.43 bits per heavy atom. The maximum absolute atomic E-state index is 11.4. The van der Waals surface area contributed by atoms with E-state index in [2.05, 4.69) is 12.2 Å². The third-order valence-corrected chi connectivity index (χ3v) is 3.32. The number of hydrogen-bond acceptors (Lipinski definition) is 3. The summed E-state index contributed by atoms with van der Waals surface area (Å²) in [6.45, 7) is 1.63. The van der Waals surface area contributed by atoms with Crippen LogP contribution in [0.25, 0.3) is 0 Å². The molecule has 0 aromatic carbocycles. The molecule has 0 aliphatic carbocycles. The molecule has 0 aliphatic rings. The average molecular weight is 311 g/mol. The summed E-state index contributed by atoms with van der Waals surface area (Å²) in [5.74, 6) is -1.50. The number of aliphatic hydroxyl groups excluding tert-OH is 1. The minimum absolute atomic E-state index is 0. The number of aliphatic hydroxyl groups is 1.